The molecule has 3 rings (SSSR count). The highest BCUT2D eigenvalue weighted by Crippen LogP contribution is 2.19. The topological polar surface area (TPSA) is 29.1 Å². The molecule has 3 heteroatoms. The van der Waals surface area contributed by atoms with Gasteiger partial charge >= 0.3 is 0 Å². The fourth-order valence-corrected chi connectivity index (χ4v) is 2.76. The lowest BCUT2D eigenvalue weighted by Crippen LogP contribution is -2.21. The molecule has 2 aromatic carbocycles. The second kappa shape index (κ2) is 6.37. The summed E-state index contributed by atoms with van der Waals surface area (Å²) in [5, 5.41) is 4.84. The van der Waals surface area contributed by atoms with Crippen LogP contribution in [0.5, 0.6) is 0 Å². The highest BCUT2D eigenvalue weighted by atomic mass is 32.1. The zero-order valence-corrected chi connectivity index (χ0v) is 12.3. The standard InChI is InChI=1S/C18H15NOS/c20-18(17-7-4-12-21-17)19-13-14-8-10-16(11-9-14)15-5-2-1-3-6-15/h1-12H,13H2,(H,19,20). The van der Waals surface area contributed by atoms with Crippen LogP contribution in [0.4, 0.5) is 0 Å². The van der Waals surface area contributed by atoms with Crippen LogP contribution < -0.4 is 5.32 Å². The van der Waals surface area contributed by atoms with E-state index in [-0.39, 0.29) is 5.91 Å². The molecule has 1 aromatic heterocycles. The summed E-state index contributed by atoms with van der Waals surface area (Å²) in [6.45, 7) is 0.547. The van der Waals surface area contributed by atoms with E-state index in [0.29, 0.717) is 6.54 Å². The van der Waals surface area contributed by atoms with E-state index in [4.69, 9.17) is 0 Å². The number of amides is 1. The summed E-state index contributed by atoms with van der Waals surface area (Å²) in [6, 6.07) is 22.2. The monoisotopic (exact) mass is 293 g/mol. The Hall–Kier alpha value is -2.39. The molecule has 0 saturated carbocycles. The van der Waals surface area contributed by atoms with Crippen molar-refractivity contribution in [2.75, 3.05) is 0 Å². The number of carbonyl (C=O) groups is 1. The van der Waals surface area contributed by atoms with Crippen LogP contribution in [-0.2, 0) is 6.54 Å². The van der Waals surface area contributed by atoms with Gasteiger partial charge in [0.1, 0.15) is 0 Å². The molecule has 1 amide bonds. The van der Waals surface area contributed by atoms with Crippen LogP contribution in [-0.4, -0.2) is 5.91 Å². The van der Waals surface area contributed by atoms with Crippen molar-refractivity contribution in [2.45, 2.75) is 6.54 Å². The van der Waals surface area contributed by atoms with Crippen molar-refractivity contribution in [3.63, 3.8) is 0 Å². The van der Waals surface area contributed by atoms with Crippen molar-refractivity contribution in [3.8, 4) is 11.1 Å². The average Bonchev–Trinajstić information content (AvgIpc) is 3.08. The van der Waals surface area contributed by atoms with Gasteiger partial charge in [-0.3, -0.25) is 4.79 Å². The molecule has 0 spiro atoms. The molecule has 0 unspecified atom stereocenters. The zero-order valence-electron chi connectivity index (χ0n) is 11.5. The second-order valence-corrected chi connectivity index (χ2v) is 5.67. The number of nitrogens with one attached hydrogen (secondary N) is 1. The van der Waals surface area contributed by atoms with Gasteiger partial charge in [-0.05, 0) is 28.1 Å². The fraction of sp³-hybridized carbons (Fsp3) is 0.0556. The second-order valence-electron chi connectivity index (χ2n) is 4.72. The van der Waals surface area contributed by atoms with Crippen LogP contribution in [0.2, 0.25) is 0 Å². The van der Waals surface area contributed by atoms with Gasteiger partial charge in [0.15, 0.2) is 0 Å². The Morgan fingerprint density at radius 2 is 1.57 bits per heavy atom. The molecule has 1 N–H and O–H groups in total. The van der Waals surface area contributed by atoms with E-state index in [1.165, 1.54) is 22.5 Å². The van der Waals surface area contributed by atoms with Crippen molar-refractivity contribution in [2.24, 2.45) is 0 Å². The van der Waals surface area contributed by atoms with Gasteiger partial charge in [-0.2, -0.15) is 0 Å². The van der Waals surface area contributed by atoms with E-state index in [9.17, 15) is 4.79 Å². The molecule has 1 heterocycles. The molecular formula is C18H15NOS. The van der Waals surface area contributed by atoms with E-state index in [1.807, 2.05) is 35.7 Å². The smallest absolute Gasteiger partial charge is 0.261 e. The van der Waals surface area contributed by atoms with E-state index in [2.05, 4.69) is 41.7 Å². The summed E-state index contributed by atoms with van der Waals surface area (Å²) in [7, 11) is 0. The third-order valence-electron chi connectivity index (χ3n) is 3.26. The molecule has 0 atom stereocenters. The first-order chi connectivity index (χ1) is 10.3. The highest BCUT2D eigenvalue weighted by molar-refractivity contribution is 7.12. The van der Waals surface area contributed by atoms with Crippen LogP contribution in [0.15, 0.2) is 72.1 Å². The van der Waals surface area contributed by atoms with Gasteiger partial charge in [0, 0.05) is 6.54 Å². The van der Waals surface area contributed by atoms with E-state index >= 15 is 0 Å². The maximum absolute atomic E-state index is 11.9. The molecule has 21 heavy (non-hydrogen) atoms. The maximum atomic E-state index is 11.9. The lowest BCUT2D eigenvalue weighted by molar-refractivity contribution is 0.0955. The fourth-order valence-electron chi connectivity index (χ4n) is 2.12. The van der Waals surface area contributed by atoms with Gasteiger partial charge in [-0.15, -0.1) is 11.3 Å². The lowest BCUT2D eigenvalue weighted by Gasteiger charge is -2.06. The van der Waals surface area contributed by atoms with Gasteiger partial charge < -0.3 is 5.32 Å². The van der Waals surface area contributed by atoms with E-state index in [1.54, 1.807) is 0 Å². The summed E-state index contributed by atoms with van der Waals surface area (Å²) in [5.41, 5.74) is 3.48. The van der Waals surface area contributed by atoms with Gasteiger partial charge in [0.2, 0.25) is 0 Å². The SMILES string of the molecule is O=C(NCc1ccc(-c2ccccc2)cc1)c1cccs1. The summed E-state index contributed by atoms with van der Waals surface area (Å²) in [4.78, 5) is 12.6. The van der Waals surface area contributed by atoms with Crippen molar-refractivity contribution in [3.05, 3.63) is 82.6 Å². The third-order valence-corrected chi connectivity index (χ3v) is 4.13. The largest absolute Gasteiger partial charge is 0.347 e. The van der Waals surface area contributed by atoms with Gasteiger partial charge in [-0.25, -0.2) is 0 Å². The third kappa shape index (κ3) is 3.38. The first-order valence-electron chi connectivity index (χ1n) is 6.79. The predicted molar refractivity (Wildman–Crippen MR) is 87.4 cm³/mol. The Kier molecular flexibility index (Phi) is 4.12. The number of thiophene rings is 1. The van der Waals surface area contributed by atoms with Crippen molar-refractivity contribution >= 4 is 17.2 Å². The Balaban J connectivity index is 1.64. The molecular weight excluding hydrogens is 278 g/mol. The summed E-state index contributed by atoms with van der Waals surface area (Å²) in [6.07, 6.45) is 0. The summed E-state index contributed by atoms with van der Waals surface area (Å²) >= 11 is 1.45. The normalized spacial score (nSPS) is 10.3. The van der Waals surface area contributed by atoms with Gasteiger partial charge in [0.25, 0.3) is 5.91 Å². The molecule has 0 bridgehead atoms. The number of hydrogen-bond acceptors (Lipinski definition) is 2. The van der Waals surface area contributed by atoms with E-state index < -0.39 is 0 Å². The minimum Gasteiger partial charge on any atom is -0.347 e. The first-order valence-corrected chi connectivity index (χ1v) is 7.67. The quantitative estimate of drug-likeness (QED) is 0.761. The first kappa shape index (κ1) is 13.6. The van der Waals surface area contributed by atoms with Crippen LogP contribution >= 0.6 is 11.3 Å². The molecule has 0 radical (unpaired) electrons. The predicted octanol–water partition coefficient (Wildman–Crippen LogP) is 4.35. The van der Waals surface area contributed by atoms with Crippen LogP contribution in [0, 0.1) is 0 Å². The molecule has 2 nitrogen and oxygen atoms in total. The molecule has 0 saturated heterocycles. The highest BCUT2D eigenvalue weighted by Gasteiger charge is 2.05. The molecule has 3 aromatic rings. The molecule has 0 aliphatic rings. The van der Waals surface area contributed by atoms with Crippen LogP contribution in [0.25, 0.3) is 11.1 Å². The number of hydrogen-bond donors (Lipinski definition) is 1. The Morgan fingerprint density at radius 1 is 0.857 bits per heavy atom. The van der Waals surface area contributed by atoms with E-state index in [0.717, 1.165) is 10.4 Å². The molecule has 0 aliphatic heterocycles. The molecule has 0 fully saturated rings. The minimum atomic E-state index is -0.0165. The number of rotatable bonds is 4. The Bertz CT molecular complexity index is 703. The maximum Gasteiger partial charge on any atom is 0.261 e. The van der Waals surface area contributed by atoms with Crippen molar-refractivity contribution in [1.29, 1.82) is 0 Å². The Morgan fingerprint density at radius 3 is 2.24 bits per heavy atom. The summed E-state index contributed by atoms with van der Waals surface area (Å²) in [5.74, 6) is -0.0165. The van der Waals surface area contributed by atoms with Crippen molar-refractivity contribution in [1.82, 2.24) is 5.32 Å². The van der Waals surface area contributed by atoms with Crippen LogP contribution in [0.3, 0.4) is 0 Å². The number of benzene rings is 2. The average molecular weight is 293 g/mol. The molecule has 104 valence electrons. The lowest BCUT2D eigenvalue weighted by atomic mass is 10.0. The summed E-state index contributed by atoms with van der Waals surface area (Å²) < 4.78 is 0. The Labute approximate surface area is 128 Å². The minimum absolute atomic E-state index is 0.0165. The van der Waals surface area contributed by atoms with Crippen molar-refractivity contribution < 1.29 is 4.79 Å². The van der Waals surface area contributed by atoms with Crippen LogP contribution in [0.1, 0.15) is 15.2 Å². The van der Waals surface area contributed by atoms with Gasteiger partial charge in [0.05, 0.1) is 4.88 Å². The van der Waals surface area contributed by atoms with Gasteiger partial charge in [-0.1, -0.05) is 60.7 Å². The zero-order chi connectivity index (χ0) is 14.5. The molecule has 0 aliphatic carbocycles. The number of carbonyl (C=O) groups excluding carboxylic acids is 1.